The third kappa shape index (κ3) is 5.01. The van der Waals surface area contributed by atoms with Gasteiger partial charge in [-0.25, -0.2) is 4.98 Å². The van der Waals surface area contributed by atoms with Gasteiger partial charge in [-0.15, -0.1) is 0 Å². The van der Waals surface area contributed by atoms with Crippen molar-refractivity contribution in [3.05, 3.63) is 52.0 Å². The highest BCUT2D eigenvalue weighted by atomic mass is 35.5. The molecule has 1 aromatic carbocycles. The van der Waals surface area contributed by atoms with Crippen LogP contribution in [0.3, 0.4) is 0 Å². The highest BCUT2D eigenvalue weighted by Crippen LogP contribution is 2.34. The van der Waals surface area contributed by atoms with E-state index in [4.69, 9.17) is 23.2 Å². The van der Waals surface area contributed by atoms with Crippen molar-refractivity contribution in [2.45, 2.75) is 45.2 Å². The fourth-order valence-corrected chi connectivity index (χ4v) is 5.04. The summed E-state index contributed by atoms with van der Waals surface area (Å²) in [6.07, 6.45) is 1.95. The van der Waals surface area contributed by atoms with Crippen LogP contribution >= 0.6 is 23.2 Å². The SMILES string of the molecule is C=CC(=O)N1CC[C@@H](NC(=O)c2c(Cl)nc(CNc3n[nH]c4cc(Cl)c(C(C)(C)C)cc34)n2C)C1. The second-order valence-corrected chi connectivity index (χ2v) is 10.5. The molecule has 11 heteroatoms. The van der Waals surface area contributed by atoms with Crippen molar-refractivity contribution in [3.63, 3.8) is 0 Å². The lowest BCUT2D eigenvalue weighted by Crippen LogP contribution is -2.39. The van der Waals surface area contributed by atoms with E-state index in [1.54, 1.807) is 16.5 Å². The highest BCUT2D eigenvalue weighted by Gasteiger charge is 2.29. The van der Waals surface area contributed by atoms with Crippen molar-refractivity contribution < 1.29 is 9.59 Å². The predicted octanol–water partition coefficient (Wildman–Crippen LogP) is 4.03. The molecule has 0 saturated carbocycles. The number of carbonyl (C=O) groups is 2. The number of aromatic nitrogens is 4. The van der Waals surface area contributed by atoms with E-state index < -0.39 is 0 Å². The van der Waals surface area contributed by atoms with Gasteiger partial charge in [0.05, 0.1) is 12.1 Å². The van der Waals surface area contributed by atoms with Gasteiger partial charge in [-0.1, -0.05) is 50.6 Å². The van der Waals surface area contributed by atoms with Crippen LogP contribution in [0.2, 0.25) is 10.2 Å². The topological polar surface area (TPSA) is 108 Å². The summed E-state index contributed by atoms with van der Waals surface area (Å²) in [6, 6.07) is 3.76. The van der Waals surface area contributed by atoms with Gasteiger partial charge in [0.15, 0.2) is 11.0 Å². The van der Waals surface area contributed by atoms with Crippen LogP contribution in [0.1, 0.15) is 49.1 Å². The number of imidazole rings is 1. The third-order valence-corrected chi connectivity index (χ3v) is 6.82. The van der Waals surface area contributed by atoms with Gasteiger partial charge < -0.3 is 20.1 Å². The summed E-state index contributed by atoms with van der Waals surface area (Å²) < 4.78 is 1.67. The Kier molecular flexibility index (Phi) is 6.83. The Morgan fingerprint density at radius 2 is 2.06 bits per heavy atom. The number of nitrogens with one attached hydrogen (secondary N) is 3. The van der Waals surface area contributed by atoms with Gasteiger partial charge in [0.25, 0.3) is 5.91 Å². The number of benzene rings is 1. The predicted molar refractivity (Wildman–Crippen MR) is 138 cm³/mol. The van der Waals surface area contributed by atoms with Gasteiger partial charge in [0.1, 0.15) is 11.5 Å². The first-order valence-corrected chi connectivity index (χ1v) is 12.1. The van der Waals surface area contributed by atoms with E-state index in [-0.39, 0.29) is 34.1 Å². The molecule has 1 aliphatic heterocycles. The molecule has 0 radical (unpaired) electrons. The molecule has 35 heavy (non-hydrogen) atoms. The van der Waals surface area contributed by atoms with E-state index in [0.717, 1.165) is 16.5 Å². The average Bonchev–Trinajstić information content (AvgIpc) is 3.48. The fourth-order valence-electron chi connectivity index (χ4n) is 4.28. The molecule has 1 aliphatic rings. The van der Waals surface area contributed by atoms with Gasteiger partial charge in [0.2, 0.25) is 5.91 Å². The molecule has 186 valence electrons. The summed E-state index contributed by atoms with van der Waals surface area (Å²) in [7, 11) is 1.74. The molecule has 3 heterocycles. The van der Waals surface area contributed by atoms with E-state index >= 15 is 0 Å². The molecule has 4 rings (SSSR count). The van der Waals surface area contributed by atoms with Crippen molar-refractivity contribution >= 4 is 51.7 Å². The van der Waals surface area contributed by atoms with Gasteiger partial charge in [-0.05, 0) is 35.6 Å². The first-order valence-electron chi connectivity index (χ1n) is 11.3. The summed E-state index contributed by atoms with van der Waals surface area (Å²) in [6.45, 7) is 11.2. The number of halogens is 2. The second kappa shape index (κ2) is 9.54. The number of hydrogen-bond acceptors (Lipinski definition) is 5. The Morgan fingerprint density at radius 3 is 2.74 bits per heavy atom. The molecule has 2 amide bonds. The van der Waals surface area contributed by atoms with Crippen LogP contribution in [0.25, 0.3) is 10.9 Å². The van der Waals surface area contributed by atoms with E-state index in [9.17, 15) is 9.59 Å². The van der Waals surface area contributed by atoms with Crippen molar-refractivity contribution in [2.75, 3.05) is 18.4 Å². The van der Waals surface area contributed by atoms with Crippen LogP contribution in [-0.4, -0.2) is 55.6 Å². The number of likely N-dealkylation sites (tertiary alicyclic amines) is 1. The second-order valence-electron chi connectivity index (χ2n) is 9.73. The number of amides is 2. The summed E-state index contributed by atoms with van der Waals surface area (Å²) >= 11 is 12.8. The van der Waals surface area contributed by atoms with Crippen molar-refractivity contribution in [1.82, 2.24) is 30.0 Å². The fraction of sp³-hybridized carbons (Fsp3) is 0.417. The molecule has 0 unspecified atom stereocenters. The third-order valence-electron chi connectivity index (χ3n) is 6.24. The molecule has 0 bridgehead atoms. The van der Waals surface area contributed by atoms with Gasteiger partial charge >= 0.3 is 0 Å². The molecule has 2 aromatic heterocycles. The zero-order valence-corrected chi connectivity index (χ0v) is 21.7. The first-order chi connectivity index (χ1) is 16.5. The monoisotopic (exact) mass is 517 g/mol. The molecule has 3 aromatic rings. The van der Waals surface area contributed by atoms with Gasteiger partial charge in [0, 0.05) is 36.6 Å². The number of rotatable bonds is 6. The zero-order valence-electron chi connectivity index (χ0n) is 20.2. The Hall–Kier alpha value is -3.04. The molecule has 9 nitrogen and oxygen atoms in total. The minimum absolute atomic E-state index is 0.118. The lowest BCUT2D eigenvalue weighted by Gasteiger charge is -2.20. The van der Waals surface area contributed by atoms with E-state index in [1.807, 2.05) is 12.1 Å². The zero-order chi connectivity index (χ0) is 25.5. The highest BCUT2D eigenvalue weighted by molar-refractivity contribution is 6.32. The van der Waals surface area contributed by atoms with Crippen molar-refractivity contribution in [1.29, 1.82) is 0 Å². The van der Waals surface area contributed by atoms with Crippen molar-refractivity contribution in [2.24, 2.45) is 7.05 Å². The Balaban J connectivity index is 1.48. The van der Waals surface area contributed by atoms with Crippen LogP contribution < -0.4 is 10.6 Å². The number of nitrogens with zero attached hydrogens (tertiary/aromatic N) is 4. The summed E-state index contributed by atoms with van der Waals surface area (Å²) in [5.74, 6) is 0.765. The van der Waals surface area contributed by atoms with Crippen LogP contribution in [0.15, 0.2) is 24.8 Å². The maximum atomic E-state index is 12.9. The minimum Gasteiger partial charge on any atom is -0.361 e. The average molecular weight is 518 g/mol. The molecule has 1 atom stereocenters. The van der Waals surface area contributed by atoms with E-state index in [0.29, 0.717) is 42.7 Å². The minimum atomic E-state index is -0.330. The van der Waals surface area contributed by atoms with Crippen LogP contribution in [0.5, 0.6) is 0 Å². The largest absolute Gasteiger partial charge is 0.361 e. The normalized spacial score (nSPS) is 16.1. The first kappa shape index (κ1) is 25.1. The quantitative estimate of drug-likeness (QED) is 0.427. The summed E-state index contributed by atoms with van der Waals surface area (Å²) in [5.41, 5.74) is 2.00. The number of anilines is 1. The molecular formula is C24H29Cl2N7O2. The van der Waals surface area contributed by atoms with Crippen LogP contribution in [-0.2, 0) is 23.8 Å². The maximum absolute atomic E-state index is 12.9. The van der Waals surface area contributed by atoms with Gasteiger partial charge in [-0.3, -0.25) is 14.7 Å². The smallest absolute Gasteiger partial charge is 0.271 e. The van der Waals surface area contributed by atoms with Gasteiger partial charge in [-0.2, -0.15) is 5.10 Å². The van der Waals surface area contributed by atoms with E-state index in [2.05, 4.69) is 53.2 Å². The standard InChI is InChI=1S/C24H29Cl2N7O2/c1-6-19(34)33-8-7-13(12-33)28-23(35)20-21(26)29-18(32(20)5)11-27-22-14-9-15(24(2,3)4)16(25)10-17(14)30-31-22/h6,9-10,13H,1,7-8,11-12H2,2-5H3,(H,28,35)(H2,27,30,31)/t13-/m1/s1. The Bertz CT molecular complexity index is 1310. The number of carbonyl (C=O) groups excluding carboxylic acids is 2. The lowest BCUT2D eigenvalue weighted by atomic mass is 9.86. The molecule has 1 saturated heterocycles. The Morgan fingerprint density at radius 1 is 1.31 bits per heavy atom. The van der Waals surface area contributed by atoms with Crippen molar-refractivity contribution in [3.8, 4) is 0 Å². The van der Waals surface area contributed by atoms with Crippen LogP contribution in [0, 0.1) is 0 Å². The molecule has 0 aliphatic carbocycles. The summed E-state index contributed by atoms with van der Waals surface area (Å²) in [5, 5.41) is 15.3. The lowest BCUT2D eigenvalue weighted by molar-refractivity contribution is -0.125. The molecule has 3 N–H and O–H groups in total. The van der Waals surface area contributed by atoms with Crippen LogP contribution in [0.4, 0.5) is 5.82 Å². The number of hydrogen-bond donors (Lipinski definition) is 3. The summed E-state index contributed by atoms with van der Waals surface area (Å²) in [4.78, 5) is 30.8. The number of H-pyrrole nitrogens is 1. The van der Waals surface area contributed by atoms with E-state index in [1.165, 1.54) is 6.08 Å². The Labute approximate surface area is 213 Å². The number of fused-ring (bicyclic) bond motifs is 1. The molecule has 1 fully saturated rings. The molecule has 0 spiro atoms. The maximum Gasteiger partial charge on any atom is 0.271 e. The number of aromatic amines is 1. The molecular weight excluding hydrogens is 489 g/mol.